The summed E-state index contributed by atoms with van der Waals surface area (Å²) in [6.07, 6.45) is 3.22. The zero-order chi connectivity index (χ0) is 15.0. The normalized spacial score (nSPS) is 10.4. The second kappa shape index (κ2) is 7.83. The van der Waals surface area contributed by atoms with Gasteiger partial charge < -0.3 is 20.3 Å². The Morgan fingerprint density at radius 1 is 1.35 bits per heavy atom. The predicted octanol–water partition coefficient (Wildman–Crippen LogP) is 1.44. The van der Waals surface area contributed by atoms with E-state index in [4.69, 9.17) is 20.3 Å². The number of carbonyl (C=O) groups is 2. The lowest BCUT2D eigenvalue weighted by Gasteiger charge is -2.11. The molecular formula is C14H17NO5. The van der Waals surface area contributed by atoms with E-state index in [2.05, 4.69) is 0 Å². The summed E-state index contributed by atoms with van der Waals surface area (Å²) in [4.78, 5) is 21.3. The van der Waals surface area contributed by atoms with Crippen LogP contribution in [0.1, 0.15) is 18.9 Å². The zero-order valence-electron chi connectivity index (χ0n) is 11.2. The van der Waals surface area contributed by atoms with Gasteiger partial charge in [0, 0.05) is 17.7 Å². The van der Waals surface area contributed by atoms with E-state index in [1.54, 1.807) is 18.2 Å². The van der Waals surface area contributed by atoms with Gasteiger partial charge in [0.1, 0.15) is 11.5 Å². The Hall–Kier alpha value is -2.50. The molecule has 3 N–H and O–H groups in total. The van der Waals surface area contributed by atoms with Gasteiger partial charge in [0.2, 0.25) is 0 Å². The van der Waals surface area contributed by atoms with E-state index in [-0.39, 0.29) is 6.61 Å². The number of nitrogens with two attached hydrogens (primary N) is 1. The van der Waals surface area contributed by atoms with Gasteiger partial charge in [0.15, 0.2) is 6.61 Å². The van der Waals surface area contributed by atoms with Crippen molar-refractivity contribution in [2.45, 2.75) is 13.3 Å². The third kappa shape index (κ3) is 5.43. The molecule has 0 aromatic heterocycles. The molecule has 0 aliphatic carbocycles. The predicted molar refractivity (Wildman–Crippen MR) is 73.6 cm³/mol. The van der Waals surface area contributed by atoms with Crippen LogP contribution >= 0.6 is 0 Å². The topological polar surface area (TPSA) is 98.8 Å². The average Bonchev–Trinajstić information content (AvgIpc) is 2.41. The van der Waals surface area contributed by atoms with Crippen LogP contribution in [0, 0.1) is 0 Å². The summed E-state index contributed by atoms with van der Waals surface area (Å²) in [5.41, 5.74) is 5.55. The molecule has 0 aliphatic rings. The van der Waals surface area contributed by atoms with Crippen molar-refractivity contribution in [2.24, 2.45) is 5.73 Å². The van der Waals surface area contributed by atoms with E-state index in [0.29, 0.717) is 23.7 Å². The highest BCUT2D eigenvalue weighted by Crippen LogP contribution is 2.26. The summed E-state index contributed by atoms with van der Waals surface area (Å²) in [7, 11) is 0. The van der Waals surface area contributed by atoms with Crippen molar-refractivity contribution in [2.75, 3.05) is 13.2 Å². The number of ether oxygens (including phenoxy) is 2. The summed E-state index contributed by atoms with van der Waals surface area (Å²) < 4.78 is 10.7. The smallest absolute Gasteiger partial charge is 0.328 e. The zero-order valence-corrected chi connectivity index (χ0v) is 11.2. The molecule has 6 heteroatoms. The number of carbonyl (C=O) groups excluding carboxylic acids is 1. The van der Waals surface area contributed by atoms with Crippen LogP contribution in [0.15, 0.2) is 24.3 Å². The lowest BCUT2D eigenvalue weighted by Crippen LogP contribution is -2.20. The first-order valence-electron chi connectivity index (χ1n) is 6.12. The number of aliphatic carboxylic acids is 1. The Morgan fingerprint density at radius 3 is 2.70 bits per heavy atom. The maximum absolute atomic E-state index is 10.8. The number of benzene rings is 1. The highest BCUT2D eigenvalue weighted by Gasteiger charge is 2.06. The maximum atomic E-state index is 10.8. The molecule has 1 amide bonds. The third-order valence-corrected chi connectivity index (χ3v) is 2.23. The summed E-state index contributed by atoms with van der Waals surface area (Å²) >= 11 is 0. The second-order valence-corrected chi connectivity index (χ2v) is 3.97. The van der Waals surface area contributed by atoms with Crippen LogP contribution in [0.3, 0.4) is 0 Å². The van der Waals surface area contributed by atoms with Gasteiger partial charge in [-0.1, -0.05) is 6.92 Å². The van der Waals surface area contributed by atoms with Crippen LogP contribution in [0.25, 0.3) is 6.08 Å². The third-order valence-electron chi connectivity index (χ3n) is 2.23. The molecule has 0 saturated heterocycles. The molecule has 1 rings (SSSR count). The van der Waals surface area contributed by atoms with Gasteiger partial charge in [0.25, 0.3) is 5.91 Å². The molecule has 0 atom stereocenters. The minimum Gasteiger partial charge on any atom is -0.493 e. The van der Waals surface area contributed by atoms with Gasteiger partial charge >= 0.3 is 5.97 Å². The Bertz CT molecular complexity index is 510. The SMILES string of the molecule is CCCOc1ccc(/C=C/C(=O)O)c(OCC(N)=O)c1. The van der Waals surface area contributed by atoms with Crippen molar-refractivity contribution in [3.05, 3.63) is 29.8 Å². The Labute approximate surface area is 116 Å². The fourth-order valence-electron chi connectivity index (χ4n) is 1.40. The molecule has 0 unspecified atom stereocenters. The number of amides is 1. The minimum absolute atomic E-state index is 0.287. The maximum Gasteiger partial charge on any atom is 0.328 e. The largest absolute Gasteiger partial charge is 0.493 e. The highest BCUT2D eigenvalue weighted by atomic mass is 16.5. The van der Waals surface area contributed by atoms with Gasteiger partial charge in [0.05, 0.1) is 6.61 Å². The van der Waals surface area contributed by atoms with E-state index in [1.807, 2.05) is 6.92 Å². The first kappa shape index (κ1) is 15.6. The van der Waals surface area contributed by atoms with E-state index in [9.17, 15) is 9.59 Å². The van der Waals surface area contributed by atoms with Crippen LogP contribution in [0.5, 0.6) is 11.5 Å². The highest BCUT2D eigenvalue weighted by molar-refractivity contribution is 5.86. The molecular weight excluding hydrogens is 262 g/mol. The lowest BCUT2D eigenvalue weighted by atomic mass is 10.1. The number of hydrogen-bond donors (Lipinski definition) is 2. The fourth-order valence-corrected chi connectivity index (χ4v) is 1.40. The van der Waals surface area contributed by atoms with E-state index in [0.717, 1.165) is 12.5 Å². The summed E-state index contributed by atoms with van der Waals surface area (Å²) in [6.45, 7) is 2.25. The van der Waals surface area contributed by atoms with Crippen LogP contribution in [-0.2, 0) is 9.59 Å². The van der Waals surface area contributed by atoms with Crippen molar-refractivity contribution >= 4 is 18.0 Å². The molecule has 20 heavy (non-hydrogen) atoms. The summed E-state index contributed by atoms with van der Waals surface area (Å²) in [5, 5.41) is 8.63. The molecule has 0 heterocycles. The van der Waals surface area contributed by atoms with E-state index < -0.39 is 11.9 Å². The van der Waals surface area contributed by atoms with Crippen LogP contribution in [-0.4, -0.2) is 30.2 Å². The Kier molecular flexibility index (Phi) is 6.09. The minimum atomic E-state index is -1.07. The average molecular weight is 279 g/mol. The van der Waals surface area contributed by atoms with Crippen molar-refractivity contribution < 1.29 is 24.2 Å². The number of rotatable bonds is 8. The molecule has 0 bridgehead atoms. The second-order valence-electron chi connectivity index (χ2n) is 3.97. The summed E-state index contributed by atoms with van der Waals surface area (Å²) in [5.74, 6) is -0.760. The summed E-state index contributed by atoms with van der Waals surface area (Å²) in [6, 6.07) is 4.95. The number of carboxylic acids is 1. The Morgan fingerprint density at radius 2 is 2.10 bits per heavy atom. The molecule has 6 nitrogen and oxygen atoms in total. The van der Waals surface area contributed by atoms with Gasteiger partial charge in [-0.15, -0.1) is 0 Å². The Balaban J connectivity index is 2.95. The molecule has 1 aromatic rings. The molecule has 108 valence electrons. The molecule has 0 fully saturated rings. The number of carboxylic acid groups (broad SMARTS) is 1. The fraction of sp³-hybridized carbons (Fsp3) is 0.286. The number of primary amides is 1. The van der Waals surface area contributed by atoms with Crippen molar-refractivity contribution in [3.63, 3.8) is 0 Å². The number of hydrogen-bond acceptors (Lipinski definition) is 4. The first-order valence-corrected chi connectivity index (χ1v) is 6.12. The van der Waals surface area contributed by atoms with Gasteiger partial charge in [-0.3, -0.25) is 4.79 Å². The molecule has 0 saturated carbocycles. The van der Waals surface area contributed by atoms with Crippen LogP contribution in [0.2, 0.25) is 0 Å². The molecule has 1 aromatic carbocycles. The van der Waals surface area contributed by atoms with Gasteiger partial charge in [-0.2, -0.15) is 0 Å². The van der Waals surface area contributed by atoms with Crippen molar-refractivity contribution in [1.82, 2.24) is 0 Å². The molecule has 0 radical (unpaired) electrons. The molecule has 0 aliphatic heterocycles. The van der Waals surface area contributed by atoms with Crippen molar-refractivity contribution in [1.29, 1.82) is 0 Å². The quantitative estimate of drug-likeness (QED) is 0.701. The van der Waals surface area contributed by atoms with Crippen LogP contribution < -0.4 is 15.2 Å². The van der Waals surface area contributed by atoms with E-state index >= 15 is 0 Å². The van der Waals surface area contributed by atoms with Crippen LogP contribution in [0.4, 0.5) is 0 Å². The van der Waals surface area contributed by atoms with Crippen molar-refractivity contribution in [3.8, 4) is 11.5 Å². The molecule has 0 spiro atoms. The van der Waals surface area contributed by atoms with E-state index in [1.165, 1.54) is 6.08 Å². The monoisotopic (exact) mass is 279 g/mol. The first-order chi connectivity index (χ1) is 9.52. The standard InChI is InChI=1S/C14H17NO5/c1-2-7-19-11-5-3-10(4-6-14(17)18)12(8-11)20-9-13(15)16/h3-6,8H,2,7,9H2,1H3,(H2,15,16)(H,17,18)/b6-4+. The van der Waals surface area contributed by atoms with Gasteiger partial charge in [-0.05, 0) is 24.6 Å². The van der Waals surface area contributed by atoms with Gasteiger partial charge in [-0.25, -0.2) is 4.79 Å². The lowest BCUT2D eigenvalue weighted by molar-refractivity contribution is -0.131.